The molecule has 0 saturated carbocycles. The Labute approximate surface area is 154 Å². The highest BCUT2D eigenvalue weighted by atomic mass is 16.5. The number of nitrogens with zero attached hydrogens (tertiary/aromatic N) is 4. The van der Waals surface area contributed by atoms with E-state index >= 15 is 0 Å². The molecule has 0 bridgehead atoms. The zero-order valence-electron chi connectivity index (χ0n) is 15.7. The van der Waals surface area contributed by atoms with Gasteiger partial charge in [0.15, 0.2) is 0 Å². The van der Waals surface area contributed by atoms with Crippen molar-refractivity contribution in [3.63, 3.8) is 0 Å². The van der Waals surface area contributed by atoms with E-state index in [-0.39, 0.29) is 0 Å². The lowest BCUT2D eigenvalue weighted by Crippen LogP contribution is -2.37. The normalized spacial score (nSPS) is 15.5. The fourth-order valence-corrected chi connectivity index (χ4v) is 3.03. The molecular weight excluding hydrogens is 332 g/mol. The summed E-state index contributed by atoms with van der Waals surface area (Å²) in [5.74, 6) is 2.07. The Bertz CT molecular complexity index is 653. The quantitative estimate of drug-likeness (QED) is 0.636. The summed E-state index contributed by atoms with van der Waals surface area (Å²) >= 11 is 0. The molecule has 1 aliphatic heterocycles. The molecule has 7 nitrogen and oxygen atoms in total. The van der Waals surface area contributed by atoms with Crippen LogP contribution in [0.2, 0.25) is 0 Å². The van der Waals surface area contributed by atoms with Gasteiger partial charge in [0, 0.05) is 18.7 Å². The van der Waals surface area contributed by atoms with Crippen LogP contribution in [0.3, 0.4) is 0 Å². The summed E-state index contributed by atoms with van der Waals surface area (Å²) < 4.78 is 15.9. The average molecular weight is 360 g/mol. The second-order valence-electron chi connectivity index (χ2n) is 6.64. The van der Waals surface area contributed by atoms with Crippen molar-refractivity contribution < 1.29 is 14.0 Å². The zero-order valence-corrected chi connectivity index (χ0v) is 15.7. The lowest BCUT2D eigenvalue weighted by atomic mass is 10.2. The molecule has 7 heteroatoms. The number of rotatable bonds is 9. The summed E-state index contributed by atoms with van der Waals surface area (Å²) in [5.41, 5.74) is 0.925. The molecule has 0 radical (unpaired) electrons. The number of morpholine rings is 1. The van der Waals surface area contributed by atoms with Crippen LogP contribution in [0.4, 0.5) is 0 Å². The minimum absolute atomic E-state index is 0.614. The van der Waals surface area contributed by atoms with Crippen LogP contribution in [0.15, 0.2) is 28.8 Å². The van der Waals surface area contributed by atoms with Gasteiger partial charge in [0.25, 0.3) is 0 Å². The van der Waals surface area contributed by atoms with Crippen molar-refractivity contribution in [1.82, 2.24) is 19.9 Å². The van der Waals surface area contributed by atoms with Gasteiger partial charge in [-0.05, 0) is 57.2 Å². The van der Waals surface area contributed by atoms with Gasteiger partial charge in [-0.3, -0.25) is 9.80 Å². The highest BCUT2D eigenvalue weighted by molar-refractivity contribution is 5.55. The molecule has 1 aromatic carbocycles. The Hall–Kier alpha value is -1.96. The van der Waals surface area contributed by atoms with Crippen LogP contribution in [-0.4, -0.2) is 73.5 Å². The Balaban J connectivity index is 1.40. The van der Waals surface area contributed by atoms with Gasteiger partial charge < -0.3 is 14.0 Å². The van der Waals surface area contributed by atoms with E-state index in [4.69, 9.17) is 14.0 Å². The van der Waals surface area contributed by atoms with Crippen LogP contribution < -0.4 is 4.74 Å². The predicted molar refractivity (Wildman–Crippen MR) is 99.1 cm³/mol. The summed E-state index contributed by atoms with van der Waals surface area (Å²) in [5, 5.41) is 4.08. The van der Waals surface area contributed by atoms with Crippen molar-refractivity contribution in [3.05, 3.63) is 30.2 Å². The molecule has 0 atom stereocenters. The van der Waals surface area contributed by atoms with E-state index in [2.05, 4.69) is 27.0 Å². The van der Waals surface area contributed by atoms with Crippen molar-refractivity contribution in [3.8, 4) is 17.1 Å². The Kier molecular flexibility index (Phi) is 6.99. The van der Waals surface area contributed by atoms with Crippen LogP contribution in [0, 0.1) is 0 Å². The molecule has 1 aromatic heterocycles. The molecule has 26 heavy (non-hydrogen) atoms. The van der Waals surface area contributed by atoms with Gasteiger partial charge in [0.1, 0.15) is 5.75 Å². The van der Waals surface area contributed by atoms with Crippen molar-refractivity contribution in [2.75, 3.05) is 53.6 Å². The number of methoxy groups -OCH3 is 1. The number of hydrogen-bond donors (Lipinski definition) is 0. The summed E-state index contributed by atoms with van der Waals surface area (Å²) in [4.78, 5) is 9.20. The number of ether oxygens (including phenoxy) is 2. The third kappa shape index (κ3) is 5.52. The smallest absolute Gasteiger partial charge is 0.241 e. The maximum Gasteiger partial charge on any atom is 0.241 e. The standard InChI is InChI=1S/C19H28N4O3/c1-22(9-3-4-10-23-11-13-25-14-12-23)15-18-20-19(21-26-18)16-5-7-17(24-2)8-6-16/h5-8H,3-4,9-15H2,1-2H3. The number of benzene rings is 1. The monoisotopic (exact) mass is 360 g/mol. The number of unbranched alkanes of at least 4 members (excludes halogenated alkanes) is 1. The fraction of sp³-hybridized carbons (Fsp3) is 0.579. The van der Waals surface area contributed by atoms with Crippen LogP contribution in [0.1, 0.15) is 18.7 Å². The van der Waals surface area contributed by atoms with Crippen LogP contribution in [0.5, 0.6) is 5.75 Å². The van der Waals surface area contributed by atoms with E-state index in [1.54, 1.807) is 7.11 Å². The lowest BCUT2D eigenvalue weighted by Gasteiger charge is -2.26. The van der Waals surface area contributed by atoms with E-state index in [1.807, 2.05) is 24.3 Å². The Morgan fingerprint density at radius 2 is 1.92 bits per heavy atom. The molecule has 1 saturated heterocycles. The average Bonchev–Trinajstić information content (AvgIpc) is 3.14. The van der Waals surface area contributed by atoms with Gasteiger partial charge in [0.05, 0.1) is 26.9 Å². The molecule has 1 fully saturated rings. The summed E-state index contributed by atoms with van der Waals surface area (Å²) in [6.45, 7) is 6.70. The maximum absolute atomic E-state index is 5.39. The third-order valence-electron chi connectivity index (χ3n) is 4.59. The molecular formula is C19H28N4O3. The van der Waals surface area contributed by atoms with Gasteiger partial charge in [-0.1, -0.05) is 5.16 Å². The first kappa shape index (κ1) is 18.8. The topological polar surface area (TPSA) is 63.9 Å². The summed E-state index contributed by atoms with van der Waals surface area (Å²) in [6, 6.07) is 7.66. The zero-order chi connectivity index (χ0) is 18.2. The van der Waals surface area contributed by atoms with E-state index in [1.165, 1.54) is 6.42 Å². The molecule has 0 unspecified atom stereocenters. The largest absolute Gasteiger partial charge is 0.497 e. The Morgan fingerprint density at radius 3 is 2.65 bits per heavy atom. The highest BCUT2D eigenvalue weighted by Gasteiger charge is 2.12. The predicted octanol–water partition coefficient (Wildman–Crippen LogP) is 2.29. The second kappa shape index (κ2) is 9.66. The van der Waals surface area contributed by atoms with Crippen molar-refractivity contribution in [1.29, 1.82) is 0 Å². The molecule has 2 aromatic rings. The van der Waals surface area contributed by atoms with Crippen LogP contribution in [-0.2, 0) is 11.3 Å². The third-order valence-corrected chi connectivity index (χ3v) is 4.59. The second-order valence-corrected chi connectivity index (χ2v) is 6.64. The van der Waals surface area contributed by atoms with Gasteiger partial charge >= 0.3 is 0 Å². The summed E-state index contributed by atoms with van der Waals surface area (Å²) in [7, 11) is 3.74. The van der Waals surface area contributed by atoms with E-state index < -0.39 is 0 Å². The van der Waals surface area contributed by atoms with Crippen molar-refractivity contribution in [2.45, 2.75) is 19.4 Å². The Morgan fingerprint density at radius 1 is 1.15 bits per heavy atom. The number of hydrogen-bond acceptors (Lipinski definition) is 7. The van der Waals surface area contributed by atoms with Gasteiger partial charge in [-0.15, -0.1) is 0 Å². The van der Waals surface area contributed by atoms with Crippen molar-refractivity contribution >= 4 is 0 Å². The highest BCUT2D eigenvalue weighted by Crippen LogP contribution is 2.20. The van der Waals surface area contributed by atoms with E-state index in [0.717, 1.165) is 57.1 Å². The molecule has 2 heterocycles. The van der Waals surface area contributed by atoms with Crippen LogP contribution >= 0.6 is 0 Å². The number of aromatic nitrogens is 2. The van der Waals surface area contributed by atoms with Gasteiger partial charge in [-0.25, -0.2) is 0 Å². The minimum atomic E-state index is 0.614. The fourth-order valence-electron chi connectivity index (χ4n) is 3.03. The van der Waals surface area contributed by atoms with E-state index in [0.29, 0.717) is 18.3 Å². The van der Waals surface area contributed by atoms with Gasteiger partial charge in [-0.2, -0.15) is 4.98 Å². The van der Waals surface area contributed by atoms with Gasteiger partial charge in [0.2, 0.25) is 11.7 Å². The minimum Gasteiger partial charge on any atom is -0.497 e. The first-order chi connectivity index (χ1) is 12.7. The molecule has 1 aliphatic rings. The summed E-state index contributed by atoms with van der Waals surface area (Å²) in [6.07, 6.45) is 2.36. The molecule has 0 amide bonds. The first-order valence-electron chi connectivity index (χ1n) is 9.20. The lowest BCUT2D eigenvalue weighted by molar-refractivity contribution is 0.0369. The van der Waals surface area contributed by atoms with E-state index in [9.17, 15) is 0 Å². The van der Waals surface area contributed by atoms with Crippen LogP contribution in [0.25, 0.3) is 11.4 Å². The molecule has 142 valence electrons. The maximum atomic E-state index is 5.39. The molecule has 0 aliphatic carbocycles. The van der Waals surface area contributed by atoms with Crippen molar-refractivity contribution in [2.24, 2.45) is 0 Å². The first-order valence-corrected chi connectivity index (χ1v) is 9.20. The molecule has 0 N–H and O–H groups in total. The molecule has 0 spiro atoms. The SMILES string of the molecule is COc1ccc(-c2noc(CN(C)CCCCN3CCOCC3)n2)cc1. The molecule has 3 rings (SSSR count).